The van der Waals surface area contributed by atoms with Crippen LogP contribution in [0.5, 0.6) is 0 Å². The van der Waals surface area contributed by atoms with Crippen molar-refractivity contribution in [1.82, 2.24) is 0 Å². The van der Waals surface area contributed by atoms with Crippen LogP contribution in [0.4, 0.5) is 0 Å². The Bertz CT molecular complexity index is 244. The lowest BCUT2D eigenvalue weighted by Crippen LogP contribution is -2.11. The van der Waals surface area contributed by atoms with Crippen LogP contribution in [0.3, 0.4) is 0 Å². The molecule has 2 rings (SSSR count). The maximum absolute atomic E-state index is 11.2. The lowest BCUT2D eigenvalue weighted by Gasteiger charge is -2.03. The van der Waals surface area contributed by atoms with Crippen molar-refractivity contribution in [2.75, 3.05) is 6.61 Å². The first-order valence-corrected chi connectivity index (χ1v) is 4.25. The molecule has 1 heterocycles. The first-order chi connectivity index (χ1) is 5.74. The van der Waals surface area contributed by atoms with Crippen LogP contribution in [0.15, 0.2) is 11.8 Å². The third-order valence-corrected chi connectivity index (χ3v) is 2.31. The predicted octanol–water partition coefficient (Wildman–Crippen LogP) is 1.10. The number of allylic oxidation sites excluding steroid dienone is 1. The summed E-state index contributed by atoms with van der Waals surface area (Å²) < 4.78 is 10.3. The minimum atomic E-state index is -0.115. The maximum atomic E-state index is 11.2. The summed E-state index contributed by atoms with van der Waals surface area (Å²) in [5.41, 5.74) is 0. The third-order valence-electron chi connectivity index (χ3n) is 2.31. The molecule has 66 valence electrons. The highest BCUT2D eigenvalue weighted by atomic mass is 16.5. The Kier molecular flexibility index (Phi) is 1.60. The Labute approximate surface area is 71.3 Å². The molecule has 1 saturated carbocycles. The van der Waals surface area contributed by atoms with Crippen molar-refractivity contribution in [2.45, 2.75) is 20.0 Å². The molecule has 12 heavy (non-hydrogen) atoms. The van der Waals surface area contributed by atoms with Gasteiger partial charge in [0.15, 0.2) is 0 Å². The lowest BCUT2D eigenvalue weighted by atomic mass is 10.3. The molecule has 0 unspecified atom stereocenters. The normalized spacial score (nSPS) is 36.5. The molecule has 1 aliphatic carbocycles. The Morgan fingerprint density at radius 3 is 3.00 bits per heavy atom. The molecule has 0 spiro atoms. The van der Waals surface area contributed by atoms with Crippen LogP contribution in [0.2, 0.25) is 0 Å². The van der Waals surface area contributed by atoms with Gasteiger partial charge < -0.3 is 9.47 Å². The van der Waals surface area contributed by atoms with Gasteiger partial charge >= 0.3 is 5.97 Å². The average Bonchev–Trinajstić information content (AvgIpc) is 2.51. The molecule has 0 aromatic heterocycles. The molecule has 3 heteroatoms. The number of hydrogen-bond donors (Lipinski definition) is 0. The molecule has 0 N–H and O–H groups in total. The van der Waals surface area contributed by atoms with E-state index >= 15 is 0 Å². The van der Waals surface area contributed by atoms with Gasteiger partial charge in [-0.3, -0.25) is 4.79 Å². The van der Waals surface area contributed by atoms with Gasteiger partial charge in [-0.2, -0.15) is 0 Å². The number of hydrogen-bond acceptors (Lipinski definition) is 3. The van der Waals surface area contributed by atoms with E-state index in [0.29, 0.717) is 12.5 Å². The molecule has 3 atom stereocenters. The quantitative estimate of drug-likeness (QED) is 0.579. The van der Waals surface area contributed by atoms with Crippen molar-refractivity contribution in [3.63, 3.8) is 0 Å². The zero-order valence-electron chi connectivity index (χ0n) is 7.24. The number of rotatable bonds is 2. The first kappa shape index (κ1) is 7.65. The van der Waals surface area contributed by atoms with Gasteiger partial charge in [-0.15, -0.1) is 0 Å². The number of carbonyl (C=O) groups excluding carboxylic acids is 1. The van der Waals surface area contributed by atoms with Crippen LogP contribution >= 0.6 is 0 Å². The number of fused-ring (bicyclic) bond motifs is 1. The predicted molar refractivity (Wildman–Crippen MR) is 42.2 cm³/mol. The summed E-state index contributed by atoms with van der Waals surface area (Å²) >= 11 is 0. The van der Waals surface area contributed by atoms with E-state index in [1.165, 1.54) is 0 Å². The van der Waals surface area contributed by atoms with Crippen LogP contribution in [0.1, 0.15) is 13.8 Å². The van der Waals surface area contributed by atoms with Crippen molar-refractivity contribution in [3.8, 4) is 0 Å². The van der Waals surface area contributed by atoms with Crippen molar-refractivity contribution >= 4 is 5.97 Å². The Morgan fingerprint density at radius 2 is 2.50 bits per heavy atom. The van der Waals surface area contributed by atoms with E-state index in [-0.39, 0.29) is 18.0 Å². The molecule has 2 aliphatic rings. The fraction of sp³-hybridized carbons (Fsp3) is 0.667. The smallest absolute Gasteiger partial charge is 0.313 e. The number of ether oxygens (including phenoxy) is 2. The Balaban J connectivity index is 1.92. The van der Waals surface area contributed by atoms with E-state index in [1.807, 2.05) is 19.9 Å². The fourth-order valence-electron chi connectivity index (χ4n) is 1.71. The number of carbonyl (C=O) groups is 1. The van der Waals surface area contributed by atoms with Gasteiger partial charge in [0.2, 0.25) is 0 Å². The van der Waals surface area contributed by atoms with Gasteiger partial charge in [-0.05, 0) is 19.9 Å². The second kappa shape index (κ2) is 2.51. The minimum Gasteiger partial charge on any atom is -0.494 e. The van der Waals surface area contributed by atoms with E-state index in [1.54, 1.807) is 0 Å². The van der Waals surface area contributed by atoms with Gasteiger partial charge in [-0.1, -0.05) is 0 Å². The summed E-state index contributed by atoms with van der Waals surface area (Å²) in [5.74, 6) is 1.10. The molecule has 0 bridgehead atoms. The van der Waals surface area contributed by atoms with E-state index in [0.717, 1.165) is 5.76 Å². The van der Waals surface area contributed by atoms with E-state index < -0.39 is 0 Å². The zero-order valence-corrected chi connectivity index (χ0v) is 7.24. The standard InChI is InChI=1S/C9H12O3/c1-3-11-9(10)7-6-4-5(2)12-8(6)7/h4,6-8H,3H2,1-2H3/t6-,7-,8-/m0/s1. The summed E-state index contributed by atoms with van der Waals surface area (Å²) in [6.45, 7) is 4.18. The molecule has 0 saturated heterocycles. The van der Waals surface area contributed by atoms with Crippen LogP contribution in [0.25, 0.3) is 0 Å². The van der Waals surface area contributed by atoms with E-state index in [9.17, 15) is 4.79 Å². The van der Waals surface area contributed by atoms with Crippen LogP contribution < -0.4 is 0 Å². The first-order valence-electron chi connectivity index (χ1n) is 4.25. The Hall–Kier alpha value is -0.990. The highest BCUT2D eigenvalue weighted by molar-refractivity contribution is 5.78. The second-order valence-corrected chi connectivity index (χ2v) is 3.21. The van der Waals surface area contributed by atoms with Crippen molar-refractivity contribution in [2.24, 2.45) is 11.8 Å². The molecular weight excluding hydrogens is 156 g/mol. The lowest BCUT2D eigenvalue weighted by molar-refractivity contribution is -0.145. The molecule has 3 nitrogen and oxygen atoms in total. The van der Waals surface area contributed by atoms with Gasteiger partial charge in [0.05, 0.1) is 12.4 Å². The van der Waals surface area contributed by atoms with Gasteiger partial charge in [0.1, 0.15) is 12.0 Å². The fourth-order valence-corrected chi connectivity index (χ4v) is 1.71. The highest BCUT2D eigenvalue weighted by Crippen LogP contribution is 2.49. The molecule has 0 amide bonds. The second-order valence-electron chi connectivity index (χ2n) is 3.21. The van der Waals surface area contributed by atoms with Crippen LogP contribution in [0, 0.1) is 11.8 Å². The number of esters is 1. The van der Waals surface area contributed by atoms with Gasteiger partial charge in [-0.25, -0.2) is 0 Å². The van der Waals surface area contributed by atoms with E-state index in [2.05, 4.69) is 0 Å². The van der Waals surface area contributed by atoms with Crippen LogP contribution in [-0.4, -0.2) is 18.7 Å². The summed E-state index contributed by atoms with van der Waals surface area (Å²) in [5, 5.41) is 0. The minimum absolute atomic E-state index is 0.0198. The Morgan fingerprint density at radius 1 is 1.75 bits per heavy atom. The van der Waals surface area contributed by atoms with Crippen molar-refractivity contribution < 1.29 is 14.3 Å². The topological polar surface area (TPSA) is 35.5 Å². The van der Waals surface area contributed by atoms with Crippen molar-refractivity contribution in [3.05, 3.63) is 11.8 Å². The van der Waals surface area contributed by atoms with Crippen LogP contribution in [-0.2, 0) is 14.3 Å². The zero-order chi connectivity index (χ0) is 8.72. The van der Waals surface area contributed by atoms with Gasteiger partial charge in [0, 0.05) is 5.92 Å². The van der Waals surface area contributed by atoms with Gasteiger partial charge in [0.25, 0.3) is 0 Å². The molecule has 0 aromatic rings. The molecule has 1 fully saturated rings. The summed E-state index contributed by atoms with van der Waals surface area (Å²) in [6.07, 6.45) is 2.09. The maximum Gasteiger partial charge on any atom is 0.313 e. The largest absolute Gasteiger partial charge is 0.494 e. The molecule has 0 radical (unpaired) electrons. The highest BCUT2D eigenvalue weighted by Gasteiger charge is 2.59. The third kappa shape index (κ3) is 1.00. The monoisotopic (exact) mass is 168 g/mol. The summed E-state index contributed by atoms with van der Waals surface area (Å²) in [7, 11) is 0. The average molecular weight is 168 g/mol. The summed E-state index contributed by atoms with van der Waals surface area (Å²) in [4.78, 5) is 11.2. The molecule has 0 aromatic carbocycles. The van der Waals surface area contributed by atoms with E-state index in [4.69, 9.17) is 9.47 Å². The SMILES string of the molecule is CCOC(=O)[C@H]1[C@@H]2C=C(C)O[C@@H]21. The summed E-state index contributed by atoms with van der Waals surface area (Å²) in [6, 6.07) is 0. The molecular formula is C9H12O3. The van der Waals surface area contributed by atoms with Crippen molar-refractivity contribution in [1.29, 1.82) is 0 Å². The molecule has 1 aliphatic heterocycles.